The smallest absolute Gasteiger partial charge is 0.333 e. The van der Waals surface area contributed by atoms with E-state index in [1.807, 2.05) is 0 Å². The van der Waals surface area contributed by atoms with Crippen molar-refractivity contribution in [3.8, 4) is 0 Å². The van der Waals surface area contributed by atoms with Gasteiger partial charge in [-0.1, -0.05) is 6.08 Å². The van der Waals surface area contributed by atoms with Crippen LogP contribution < -0.4 is 5.32 Å². The Morgan fingerprint density at radius 1 is 1.35 bits per heavy atom. The van der Waals surface area contributed by atoms with Gasteiger partial charge in [0, 0.05) is 18.5 Å². The Kier molecular flexibility index (Phi) is 9.05. The van der Waals surface area contributed by atoms with Crippen LogP contribution in [0, 0.1) is 0 Å². The van der Waals surface area contributed by atoms with Crippen molar-refractivity contribution in [1.82, 2.24) is 5.32 Å². The Labute approximate surface area is 102 Å². The molecule has 0 fully saturated rings. The lowest BCUT2D eigenvalue weighted by Crippen LogP contribution is -2.17. The van der Waals surface area contributed by atoms with Crippen LogP contribution in [0.1, 0.15) is 26.7 Å². The molecule has 0 unspecified atom stereocenters. The first-order valence-corrected chi connectivity index (χ1v) is 5.73. The first-order chi connectivity index (χ1) is 8.11. The van der Waals surface area contributed by atoms with E-state index in [2.05, 4.69) is 10.1 Å². The molecular weight excluding hydrogens is 222 g/mol. The third-order valence-corrected chi connectivity index (χ3v) is 2.10. The number of carbonyl (C=O) groups is 2. The van der Waals surface area contributed by atoms with Crippen molar-refractivity contribution >= 4 is 11.9 Å². The Bertz CT molecular complexity index is 274. The lowest BCUT2D eigenvalue weighted by Gasteiger charge is -2.03. The summed E-state index contributed by atoms with van der Waals surface area (Å²) in [6.07, 6.45) is 2.90. The lowest BCUT2D eigenvalue weighted by molar-refractivity contribution is -0.143. The van der Waals surface area contributed by atoms with Gasteiger partial charge in [-0.05, 0) is 26.8 Å². The van der Waals surface area contributed by atoms with Gasteiger partial charge in [-0.25, -0.2) is 4.79 Å². The second-order valence-electron chi connectivity index (χ2n) is 3.49. The maximum absolute atomic E-state index is 11.0. The average molecular weight is 243 g/mol. The summed E-state index contributed by atoms with van der Waals surface area (Å²) in [4.78, 5) is 22.0. The molecule has 0 aromatic heterocycles. The SMILES string of the molecule is CCOC(=O)CCCNC/C=C(/C)C(=O)OC. The normalized spacial score (nSPS) is 11.1. The fourth-order valence-electron chi connectivity index (χ4n) is 1.16. The van der Waals surface area contributed by atoms with Gasteiger partial charge in [0.2, 0.25) is 0 Å². The number of nitrogens with one attached hydrogen (secondary N) is 1. The standard InChI is InChI=1S/C12H21NO4/c1-4-17-11(14)6-5-8-13-9-7-10(2)12(15)16-3/h7,13H,4-6,8-9H2,1-3H3/b10-7-. The average Bonchev–Trinajstić information content (AvgIpc) is 2.32. The Morgan fingerprint density at radius 2 is 2.06 bits per heavy atom. The maximum Gasteiger partial charge on any atom is 0.333 e. The number of ether oxygens (including phenoxy) is 2. The largest absolute Gasteiger partial charge is 0.466 e. The summed E-state index contributed by atoms with van der Waals surface area (Å²) in [7, 11) is 1.35. The van der Waals surface area contributed by atoms with E-state index < -0.39 is 0 Å². The van der Waals surface area contributed by atoms with Crippen LogP contribution in [-0.2, 0) is 19.1 Å². The van der Waals surface area contributed by atoms with Crippen LogP contribution in [0.2, 0.25) is 0 Å². The summed E-state index contributed by atoms with van der Waals surface area (Å²) in [5.74, 6) is -0.492. The van der Waals surface area contributed by atoms with Gasteiger partial charge in [0.25, 0.3) is 0 Å². The van der Waals surface area contributed by atoms with Crippen LogP contribution >= 0.6 is 0 Å². The molecule has 0 atom stereocenters. The Hall–Kier alpha value is -1.36. The molecule has 0 saturated heterocycles. The Morgan fingerprint density at radius 3 is 2.65 bits per heavy atom. The predicted octanol–water partition coefficient (Wildman–Crippen LogP) is 1.04. The highest BCUT2D eigenvalue weighted by molar-refractivity contribution is 5.87. The van der Waals surface area contributed by atoms with Gasteiger partial charge in [-0.15, -0.1) is 0 Å². The molecule has 0 amide bonds. The zero-order chi connectivity index (χ0) is 13.1. The molecule has 0 saturated carbocycles. The second-order valence-corrected chi connectivity index (χ2v) is 3.49. The third kappa shape index (κ3) is 8.45. The van der Waals surface area contributed by atoms with E-state index in [1.54, 1.807) is 19.9 Å². The molecule has 0 aliphatic heterocycles. The molecule has 0 radical (unpaired) electrons. The summed E-state index contributed by atoms with van der Waals surface area (Å²) in [5, 5.41) is 3.10. The van der Waals surface area contributed by atoms with E-state index in [0.29, 0.717) is 31.7 Å². The highest BCUT2D eigenvalue weighted by atomic mass is 16.5. The summed E-state index contributed by atoms with van der Waals surface area (Å²) < 4.78 is 9.35. The van der Waals surface area contributed by atoms with Crippen molar-refractivity contribution in [3.63, 3.8) is 0 Å². The molecule has 0 spiro atoms. The fraction of sp³-hybridized carbons (Fsp3) is 0.667. The zero-order valence-electron chi connectivity index (χ0n) is 10.7. The van der Waals surface area contributed by atoms with Crippen molar-refractivity contribution < 1.29 is 19.1 Å². The molecule has 98 valence electrons. The maximum atomic E-state index is 11.0. The Balaban J connectivity index is 3.52. The van der Waals surface area contributed by atoms with Gasteiger partial charge in [-0.3, -0.25) is 4.79 Å². The number of methoxy groups -OCH3 is 1. The van der Waals surface area contributed by atoms with Gasteiger partial charge in [0.05, 0.1) is 13.7 Å². The third-order valence-electron chi connectivity index (χ3n) is 2.10. The van der Waals surface area contributed by atoms with E-state index in [4.69, 9.17) is 4.74 Å². The summed E-state index contributed by atoms with van der Waals surface area (Å²) in [5.41, 5.74) is 0.574. The highest BCUT2D eigenvalue weighted by Gasteiger charge is 2.02. The van der Waals surface area contributed by atoms with E-state index in [1.165, 1.54) is 7.11 Å². The summed E-state index contributed by atoms with van der Waals surface area (Å²) in [6, 6.07) is 0. The minimum Gasteiger partial charge on any atom is -0.466 e. The van der Waals surface area contributed by atoms with Crippen molar-refractivity contribution in [2.24, 2.45) is 0 Å². The molecule has 1 N–H and O–H groups in total. The van der Waals surface area contributed by atoms with Gasteiger partial charge < -0.3 is 14.8 Å². The van der Waals surface area contributed by atoms with Crippen molar-refractivity contribution in [3.05, 3.63) is 11.6 Å². The van der Waals surface area contributed by atoms with E-state index in [-0.39, 0.29) is 11.9 Å². The molecule has 0 aliphatic rings. The molecule has 0 rings (SSSR count). The van der Waals surface area contributed by atoms with Gasteiger partial charge in [0.15, 0.2) is 0 Å². The van der Waals surface area contributed by atoms with Crippen LogP contribution in [0.5, 0.6) is 0 Å². The molecule has 0 aliphatic carbocycles. The van der Waals surface area contributed by atoms with Crippen molar-refractivity contribution in [2.75, 3.05) is 26.8 Å². The quantitative estimate of drug-likeness (QED) is 0.392. The van der Waals surface area contributed by atoms with Crippen molar-refractivity contribution in [1.29, 1.82) is 0 Å². The van der Waals surface area contributed by atoms with E-state index in [0.717, 1.165) is 6.42 Å². The zero-order valence-corrected chi connectivity index (χ0v) is 10.7. The summed E-state index contributed by atoms with van der Waals surface area (Å²) >= 11 is 0. The predicted molar refractivity (Wildman–Crippen MR) is 64.5 cm³/mol. The van der Waals surface area contributed by atoms with Gasteiger partial charge in [0.1, 0.15) is 0 Å². The topological polar surface area (TPSA) is 64.6 Å². The summed E-state index contributed by atoms with van der Waals surface area (Å²) in [6.45, 7) is 5.21. The van der Waals surface area contributed by atoms with Gasteiger partial charge >= 0.3 is 11.9 Å². The molecule has 0 aromatic carbocycles. The highest BCUT2D eigenvalue weighted by Crippen LogP contribution is 1.94. The molecule has 5 nitrogen and oxygen atoms in total. The molecule has 5 heteroatoms. The lowest BCUT2D eigenvalue weighted by atomic mass is 10.3. The van der Waals surface area contributed by atoms with E-state index in [9.17, 15) is 9.59 Å². The first-order valence-electron chi connectivity index (χ1n) is 5.73. The molecule has 0 aromatic rings. The minimum atomic E-state index is -0.321. The number of hydrogen-bond acceptors (Lipinski definition) is 5. The van der Waals surface area contributed by atoms with Crippen LogP contribution in [0.3, 0.4) is 0 Å². The number of rotatable bonds is 8. The van der Waals surface area contributed by atoms with Crippen LogP contribution in [0.25, 0.3) is 0 Å². The first kappa shape index (κ1) is 15.6. The van der Waals surface area contributed by atoms with Crippen molar-refractivity contribution in [2.45, 2.75) is 26.7 Å². The molecular formula is C12H21NO4. The van der Waals surface area contributed by atoms with E-state index >= 15 is 0 Å². The number of hydrogen-bond donors (Lipinski definition) is 1. The van der Waals surface area contributed by atoms with Crippen LogP contribution in [-0.4, -0.2) is 38.7 Å². The van der Waals surface area contributed by atoms with Gasteiger partial charge in [-0.2, -0.15) is 0 Å². The molecule has 0 heterocycles. The van der Waals surface area contributed by atoms with Crippen LogP contribution in [0.4, 0.5) is 0 Å². The number of carbonyl (C=O) groups excluding carboxylic acids is 2. The number of esters is 2. The monoisotopic (exact) mass is 243 g/mol. The van der Waals surface area contributed by atoms with Crippen LogP contribution in [0.15, 0.2) is 11.6 Å². The molecule has 17 heavy (non-hydrogen) atoms. The fourth-order valence-corrected chi connectivity index (χ4v) is 1.16. The minimum absolute atomic E-state index is 0.171. The molecule has 0 bridgehead atoms. The second kappa shape index (κ2) is 9.84.